The Morgan fingerprint density at radius 3 is 2.86 bits per heavy atom. The number of fused-ring (bicyclic) bond motifs is 2. The quantitative estimate of drug-likeness (QED) is 0.634. The number of benzene rings is 1. The van der Waals surface area contributed by atoms with Crippen LogP contribution in [0.3, 0.4) is 0 Å². The predicted molar refractivity (Wildman–Crippen MR) is 52.6 cm³/mol. The first-order valence-electron chi connectivity index (χ1n) is 4.49. The van der Waals surface area contributed by atoms with Crippen LogP contribution < -0.4 is 9.47 Å². The van der Waals surface area contributed by atoms with Gasteiger partial charge in [0.2, 0.25) is 6.79 Å². The normalized spacial score (nSPS) is 13.5. The van der Waals surface area contributed by atoms with Gasteiger partial charge in [0.15, 0.2) is 11.5 Å². The summed E-state index contributed by atoms with van der Waals surface area (Å²) in [5, 5.41) is 2.26. The van der Waals surface area contributed by atoms with E-state index in [1.165, 1.54) is 0 Å². The molecular weight excluding hydrogens is 178 g/mol. The van der Waals surface area contributed by atoms with E-state index in [0.717, 1.165) is 28.0 Å². The van der Waals surface area contributed by atoms with Crippen LogP contribution in [0, 0.1) is 6.92 Å². The molecule has 0 saturated heterocycles. The van der Waals surface area contributed by atoms with E-state index in [1.54, 1.807) is 6.20 Å². The van der Waals surface area contributed by atoms with Gasteiger partial charge in [0.25, 0.3) is 0 Å². The van der Waals surface area contributed by atoms with Gasteiger partial charge < -0.3 is 9.47 Å². The van der Waals surface area contributed by atoms with E-state index in [1.807, 2.05) is 25.1 Å². The smallest absolute Gasteiger partial charge is 0.231 e. The predicted octanol–water partition coefficient (Wildman–Crippen LogP) is 2.27. The molecule has 0 radical (unpaired) electrons. The Labute approximate surface area is 81.3 Å². The van der Waals surface area contributed by atoms with Crippen LogP contribution in [0.2, 0.25) is 0 Å². The van der Waals surface area contributed by atoms with Crippen molar-refractivity contribution >= 4 is 10.8 Å². The van der Waals surface area contributed by atoms with Gasteiger partial charge in [0, 0.05) is 17.3 Å². The largest absolute Gasteiger partial charge is 0.454 e. The van der Waals surface area contributed by atoms with Gasteiger partial charge in [-0.3, -0.25) is 4.98 Å². The van der Waals surface area contributed by atoms with E-state index in [9.17, 15) is 0 Å². The zero-order chi connectivity index (χ0) is 9.54. The van der Waals surface area contributed by atoms with Crippen molar-refractivity contribution in [2.45, 2.75) is 6.92 Å². The van der Waals surface area contributed by atoms with E-state index in [2.05, 4.69) is 4.98 Å². The molecule has 2 heterocycles. The molecule has 0 N–H and O–H groups in total. The fourth-order valence-electron chi connectivity index (χ4n) is 1.71. The molecular formula is C11H9NO2. The van der Waals surface area contributed by atoms with Crippen molar-refractivity contribution in [3.63, 3.8) is 0 Å². The molecule has 3 rings (SSSR count). The molecule has 14 heavy (non-hydrogen) atoms. The molecule has 3 heteroatoms. The van der Waals surface area contributed by atoms with Gasteiger partial charge in [0.05, 0.1) is 0 Å². The van der Waals surface area contributed by atoms with E-state index in [4.69, 9.17) is 9.47 Å². The van der Waals surface area contributed by atoms with Crippen LogP contribution in [0.4, 0.5) is 0 Å². The van der Waals surface area contributed by atoms with Gasteiger partial charge >= 0.3 is 0 Å². The molecule has 1 aliphatic rings. The number of aromatic nitrogens is 1. The van der Waals surface area contributed by atoms with E-state index in [-0.39, 0.29) is 0 Å². The maximum Gasteiger partial charge on any atom is 0.231 e. The maximum atomic E-state index is 5.31. The van der Waals surface area contributed by atoms with E-state index < -0.39 is 0 Å². The second-order valence-corrected chi connectivity index (χ2v) is 3.32. The van der Waals surface area contributed by atoms with Crippen LogP contribution in [0.1, 0.15) is 5.69 Å². The lowest BCUT2D eigenvalue weighted by atomic mass is 10.1. The van der Waals surface area contributed by atoms with Crippen molar-refractivity contribution < 1.29 is 9.47 Å². The number of ether oxygens (including phenoxy) is 2. The fraction of sp³-hybridized carbons (Fsp3) is 0.182. The molecule has 0 amide bonds. The summed E-state index contributed by atoms with van der Waals surface area (Å²) >= 11 is 0. The molecule has 0 aliphatic carbocycles. The van der Waals surface area contributed by atoms with Crippen LogP contribution in [0.15, 0.2) is 24.4 Å². The van der Waals surface area contributed by atoms with Crippen molar-refractivity contribution in [2.75, 3.05) is 6.79 Å². The van der Waals surface area contributed by atoms with Crippen LogP contribution in [-0.4, -0.2) is 11.8 Å². The lowest BCUT2D eigenvalue weighted by Crippen LogP contribution is -1.92. The van der Waals surface area contributed by atoms with Crippen molar-refractivity contribution in [2.24, 2.45) is 0 Å². The molecule has 0 saturated carbocycles. The second kappa shape index (κ2) is 2.61. The highest BCUT2D eigenvalue weighted by Crippen LogP contribution is 2.36. The summed E-state index contributed by atoms with van der Waals surface area (Å²) < 4.78 is 10.6. The zero-order valence-electron chi connectivity index (χ0n) is 7.78. The first kappa shape index (κ1) is 7.62. The molecule has 0 atom stereocenters. The molecule has 70 valence electrons. The summed E-state index contributed by atoms with van der Waals surface area (Å²) in [7, 11) is 0. The maximum absolute atomic E-state index is 5.31. The minimum Gasteiger partial charge on any atom is -0.454 e. The Hall–Kier alpha value is -1.77. The topological polar surface area (TPSA) is 31.4 Å². The summed E-state index contributed by atoms with van der Waals surface area (Å²) in [6.07, 6.45) is 1.81. The van der Waals surface area contributed by atoms with Crippen molar-refractivity contribution in [3.8, 4) is 11.5 Å². The average Bonchev–Trinajstić information content (AvgIpc) is 2.62. The van der Waals surface area contributed by atoms with Crippen molar-refractivity contribution in [1.82, 2.24) is 4.98 Å². The fourth-order valence-corrected chi connectivity index (χ4v) is 1.71. The molecule has 0 spiro atoms. The van der Waals surface area contributed by atoms with E-state index in [0.29, 0.717) is 6.79 Å². The van der Waals surface area contributed by atoms with Crippen LogP contribution in [0.25, 0.3) is 10.8 Å². The summed E-state index contributed by atoms with van der Waals surface area (Å²) in [6, 6.07) is 5.96. The Kier molecular flexibility index (Phi) is 1.42. The average molecular weight is 187 g/mol. The van der Waals surface area contributed by atoms with Crippen molar-refractivity contribution in [3.05, 3.63) is 30.1 Å². The van der Waals surface area contributed by atoms with Crippen LogP contribution in [-0.2, 0) is 0 Å². The van der Waals surface area contributed by atoms with Crippen LogP contribution >= 0.6 is 0 Å². The highest BCUT2D eigenvalue weighted by molar-refractivity contribution is 5.87. The Morgan fingerprint density at radius 1 is 1.21 bits per heavy atom. The molecule has 3 nitrogen and oxygen atoms in total. The standard InChI is InChI=1S/C11H9NO2/c1-7-9-5-11-10(13-6-14-11)4-8(9)2-3-12-7/h2-5H,6H2,1H3. The molecule has 2 aromatic rings. The second-order valence-electron chi connectivity index (χ2n) is 3.32. The Morgan fingerprint density at radius 2 is 2.00 bits per heavy atom. The minimum atomic E-state index is 0.318. The van der Waals surface area contributed by atoms with Crippen LogP contribution in [0.5, 0.6) is 11.5 Å². The summed E-state index contributed by atoms with van der Waals surface area (Å²) in [4.78, 5) is 4.24. The lowest BCUT2D eigenvalue weighted by molar-refractivity contribution is 0.174. The third-order valence-corrected chi connectivity index (χ3v) is 2.46. The van der Waals surface area contributed by atoms with Gasteiger partial charge in [0.1, 0.15) is 0 Å². The first-order valence-corrected chi connectivity index (χ1v) is 4.49. The molecule has 1 aliphatic heterocycles. The number of nitrogens with zero attached hydrogens (tertiary/aromatic N) is 1. The molecule has 0 unspecified atom stereocenters. The third-order valence-electron chi connectivity index (χ3n) is 2.46. The molecule has 0 bridgehead atoms. The Balaban J connectivity index is 2.39. The molecule has 1 aromatic carbocycles. The van der Waals surface area contributed by atoms with Gasteiger partial charge in [-0.2, -0.15) is 0 Å². The third kappa shape index (κ3) is 0.954. The van der Waals surface area contributed by atoms with Gasteiger partial charge in [-0.15, -0.1) is 0 Å². The number of hydrogen-bond donors (Lipinski definition) is 0. The lowest BCUT2D eigenvalue weighted by Gasteiger charge is -2.02. The number of rotatable bonds is 0. The number of pyridine rings is 1. The molecule has 0 fully saturated rings. The van der Waals surface area contributed by atoms with Gasteiger partial charge in [-0.1, -0.05) is 0 Å². The monoisotopic (exact) mass is 187 g/mol. The first-order chi connectivity index (χ1) is 6.84. The highest BCUT2D eigenvalue weighted by Gasteiger charge is 2.14. The highest BCUT2D eigenvalue weighted by atomic mass is 16.7. The summed E-state index contributed by atoms with van der Waals surface area (Å²) in [6.45, 7) is 2.31. The SMILES string of the molecule is Cc1nccc2cc3c(cc12)OCO3. The zero-order valence-corrected chi connectivity index (χ0v) is 7.78. The summed E-state index contributed by atoms with van der Waals surface area (Å²) in [5.74, 6) is 1.64. The van der Waals surface area contributed by atoms with Gasteiger partial charge in [-0.25, -0.2) is 0 Å². The Bertz CT molecular complexity index is 508. The minimum absolute atomic E-state index is 0.318. The molecule has 1 aromatic heterocycles. The summed E-state index contributed by atoms with van der Waals surface area (Å²) in [5.41, 5.74) is 1.01. The number of aryl methyl sites for hydroxylation is 1. The van der Waals surface area contributed by atoms with Crippen molar-refractivity contribution in [1.29, 1.82) is 0 Å². The van der Waals surface area contributed by atoms with Gasteiger partial charge in [-0.05, 0) is 30.5 Å². The van der Waals surface area contributed by atoms with E-state index >= 15 is 0 Å². The number of hydrogen-bond acceptors (Lipinski definition) is 3.